The number of methoxy groups -OCH3 is 1. The summed E-state index contributed by atoms with van der Waals surface area (Å²) in [6.45, 7) is 0. The number of nitrogens with zero attached hydrogens (tertiary/aromatic N) is 1. The van der Waals surface area contributed by atoms with Gasteiger partial charge in [-0.1, -0.05) is 23.7 Å². The molecule has 0 saturated heterocycles. The molecule has 146 valence electrons. The SMILES string of the molecule is COc1ccc(NC(=O)c2ccc(C=N)cc2)c(C(=O)Nc2ccc(Cl)cn2)c1. The van der Waals surface area contributed by atoms with Crippen LogP contribution in [-0.2, 0) is 0 Å². The predicted molar refractivity (Wildman–Crippen MR) is 112 cm³/mol. The van der Waals surface area contributed by atoms with Crippen LogP contribution in [0.2, 0.25) is 5.02 Å². The Kier molecular flexibility index (Phi) is 6.21. The van der Waals surface area contributed by atoms with Crippen LogP contribution < -0.4 is 15.4 Å². The number of halogens is 1. The number of aromatic nitrogens is 1. The second-order valence-corrected chi connectivity index (χ2v) is 6.38. The van der Waals surface area contributed by atoms with E-state index in [0.29, 0.717) is 33.4 Å². The summed E-state index contributed by atoms with van der Waals surface area (Å²) in [5.74, 6) is -0.0622. The van der Waals surface area contributed by atoms with Gasteiger partial charge in [0.15, 0.2) is 0 Å². The predicted octanol–water partition coefficient (Wildman–Crippen LogP) is 4.25. The van der Waals surface area contributed by atoms with Crippen molar-refractivity contribution in [3.05, 3.63) is 82.5 Å². The first kappa shape index (κ1) is 20.0. The van der Waals surface area contributed by atoms with Crippen LogP contribution in [0.15, 0.2) is 60.8 Å². The van der Waals surface area contributed by atoms with Gasteiger partial charge < -0.3 is 20.8 Å². The van der Waals surface area contributed by atoms with E-state index in [9.17, 15) is 9.59 Å². The largest absolute Gasteiger partial charge is 0.497 e. The van der Waals surface area contributed by atoms with Crippen molar-refractivity contribution in [2.24, 2.45) is 0 Å². The molecule has 2 aromatic carbocycles. The molecule has 7 nitrogen and oxygen atoms in total. The number of carbonyl (C=O) groups is 2. The summed E-state index contributed by atoms with van der Waals surface area (Å²) in [5.41, 5.74) is 1.61. The molecule has 0 spiro atoms. The second-order valence-electron chi connectivity index (χ2n) is 5.95. The fraction of sp³-hybridized carbons (Fsp3) is 0.0476. The lowest BCUT2D eigenvalue weighted by Gasteiger charge is -2.13. The van der Waals surface area contributed by atoms with Gasteiger partial charge in [0.1, 0.15) is 11.6 Å². The zero-order valence-corrected chi connectivity index (χ0v) is 16.2. The first-order valence-electron chi connectivity index (χ1n) is 8.53. The quantitative estimate of drug-likeness (QED) is 0.530. The standard InChI is InChI=1S/C21H17ClN4O3/c1-29-16-7-8-18(25-20(27)14-4-2-13(11-23)3-5-14)17(10-16)21(28)26-19-9-6-15(22)12-24-19/h2-12,23H,1H3,(H,25,27)(H,24,26,28). The van der Waals surface area contributed by atoms with Crippen molar-refractivity contribution in [3.63, 3.8) is 0 Å². The van der Waals surface area contributed by atoms with E-state index in [1.165, 1.54) is 25.6 Å². The third-order valence-corrected chi connectivity index (χ3v) is 4.25. The maximum absolute atomic E-state index is 12.8. The van der Waals surface area contributed by atoms with Gasteiger partial charge in [-0.2, -0.15) is 0 Å². The lowest BCUT2D eigenvalue weighted by molar-refractivity contribution is 0.102. The Morgan fingerprint density at radius 2 is 1.79 bits per heavy atom. The highest BCUT2D eigenvalue weighted by molar-refractivity contribution is 6.30. The summed E-state index contributed by atoms with van der Waals surface area (Å²) in [7, 11) is 1.49. The molecule has 3 N–H and O–H groups in total. The average molecular weight is 409 g/mol. The maximum Gasteiger partial charge on any atom is 0.259 e. The van der Waals surface area contributed by atoms with Crippen molar-refractivity contribution in [2.45, 2.75) is 0 Å². The van der Waals surface area contributed by atoms with E-state index in [1.807, 2.05) is 0 Å². The van der Waals surface area contributed by atoms with Crippen LogP contribution in [0.5, 0.6) is 5.75 Å². The number of benzene rings is 2. The van der Waals surface area contributed by atoms with Crippen LogP contribution in [0.3, 0.4) is 0 Å². The molecule has 0 unspecified atom stereocenters. The fourth-order valence-electron chi connectivity index (χ4n) is 2.51. The van der Waals surface area contributed by atoms with E-state index in [4.69, 9.17) is 21.7 Å². The fourth-order valence-corrected chi connectivity index (χ4v) is 2.62. The molecule has 0 aliphatic carbocycles. The highest BCUT2D eigenvalue weighted by Gasteiger charge is 2.16. The number of carbonyl (C=O) groups excluding carboxylic acids is 2. The topological polar surface area (TPSA) is 104 Å². The average Bonchev–Trinajstić information content (AvgIpc) is 2.75. The lowest BCUT2D eigenvalue weighted by atomic mass is 10.1. The molecule has 0 saturated carbocycles. The highest BCUT2D eigenvalue weighted by Crippen LogP contribution is 2.24. The molecule has 2 amide bonds. The number of rotatable bonds is 6. The summed E-state index contributed by atoms with van der Waals surface area (Å²) < 4.78 is 5.19. The maximum atomic E-state index is 12.8. The Balaban J connectivity index is 1.85. The molecule has 0 aliphatic heterocycles. The van der Waals surface area contributed by atoms with Crippen molar-refractivity contribution < 1.29 is 14.3 Å². The van der Waals surface area contributed by atoms with Crippen LogP contribution in [0, 0.1) is 5.41 Å². The van der Waals surface area contributed by atoms with Gasteiger partial charge in [-0.05, 0) is 48.0 Å². The zero-order chi connectivity index (χ0) is 20.8. The van der Waals surface area contributed by atoms with Crippen LogP contribution in [0.4, 0.5) is 11.5 Å². The number of hydrogen-bond donors (Lipinski definition) is 3. The monoisotopic (exact) mass is 408 g/mol. The molecule has 0 fully saturated rings. The third kappa shape index (κ3) is 4.97. The van der Waals surface area contributed by atoms with Gasteiger partial charge in [0.05, 0.1) is 23.4 Å². The number of pyridine rings is 1. The summed E-state index contributed by atoms with van der Waals surface area (Å²) in [6, 6.07) is 14.5. The molecule has 0 aliphatic rings. The third-order valence-electron chi connectivity index (χ3n) is 4.03. The summed E-state index contributed by atoms with van der Waals surface area (Å²) in [5, 5.41) is 13.1. The molecule has 1 aromatic heterocycles. The number of hydrogen-bond acceptors (Lipinski definition) is 5. The van der Waals surface area contributed by atoms with Gasteiger partial charge in [0.25, 0.3) is 11.8 Å². The summed E-state index contributed by atoms with van der Waals surface area (Å²) in [6.07, 6.45) is 2.61. The first-order chi connectivity index (χ1) is 14.0. The van der Waals surface area contributed by atoms with Gasteiger partial charge in [-0.3, -0.25) is 9.59 Å². The molecule has 29 heavy (non-hydrogen) atoms. The van der Waals surface area contributed by atoms with Gasteiger partial charge in [0, 0.05) is 18.0 Å². The molecule has 0 radical (unpaired) electrons. The van der Waals surface area contributed by atoms with E-state index in [1.54, 1.807) is 48.5 Å². The number of ether oxygens (including phenoxy) is 1. The Morgan fingerprint density at radius 1 is 1.03 bits per heavy atom. The zero-order valence-electron chi connectivity index (χ0n) is 15.4. The van der Waals surface area contributed by atoms with Gasteiger partial charge >= 0.3 is 0 Å². The van der Waals surface area contributed by atoms with Crippen LogP contribution >= 0.6 is 11.6 Å². The van der Waals surface area contributed by atoms with Crippen molar-refractivity contribution in [3.8, 4) is 5.75 Å². The number of amides is 2. The van der Waals surface area contributed by atoms with Crippen molar-refractivity contribution >= 4 is 41.1 Å². The Labute approximate surface area is 172 Å². The minimum absolute atomic E-state index is 0.213. The minimum Gasteiger partial charge on any atom is -0.497 e. The van der Waals surface area contributed by atoms with E-state index >= 15 is 0 Å². The van der Waals surface area contributed by atoms with E-state index < -0.39 is 5.91 Å². The van der Waals surface area contributed by atoms with Crippen LogP contribution in [0.1, 0.15) is 26.3 Å². The Morgan fingerprint density at radius 3 is 2.41 bits per heavy atom. The molecule has 3 rings (SSSR count). The molecule has 0 bridgehead atoms. The molecule has 0 atom stereocenters. The van der Waals surface area contributed by atoms with E-state index in [2.05, 4.69) is 15.6 Å². The molecular formula is C21H17ClN4O3. The van der Waals surface area contributed by atoms with Gasteiger partial charge in [-0.25, -0.2) is 4.98 Å². The smallest absolute Gasteiger partial charge is 0.259 e. The van der Waals surface area contributed by atoms with Crippen molar-refractivity contribution in [1.82, 2.24) is 4.98 Å². The molecule has 1 heterocycles. The molecule has 3 aromatic rings. The first-order valence-corrected chi connectivity index (χ1v) is 8.91. The van der Waals surface area contributed by atoms with Crippen molar-refractivity contribution in [2.75, 3.05) is 17.7 Å². The van der Waals surface area contributed by atoms with Gasteiger partial charge in [0.2, 0.25) is 0 Å². The van der Waals surface area contributed by atoms with Crippen molar-refractivity contribution in [1.29, 1.82) is 5.41 Å². The second kappa shape index (κ2) is 8.99. The van der Waals surface area contributed by atoms with Crippen LogP contribution in [0.25, 0.3) is 0 Å². The van der Waals surface area contributed by atoms with E-state index in [-0.39, 0.29) is 11.5 Å². The molecular weight excluding hydrogens is 392 g/mol. The summed E-state index contributed by atoms with van der Waals surface area (Å²) >= 11 is 5.81. The summed E-state index contributed by atoms with van der Waals surface area (Å²) in [4.78, 5) is 29.4. The van der Waals surface area contributed by atoms with E-state index in [0.717, 1.165) is 0 Å². The minimum atomic E-state index is -0.465. The Bertz CT molecular complexity index is 1050. The van der Waals surface area contributed by atoms with Gasteiger partial charge in [-0.15, -0.1) is 0 Å². The normalized spacial score (nSPS) is 10.1. The number of anilines is 2. The number of nitrogens with one attached hydrogen (secondary N) is 3. The Hall–Kier alpha value is -3.71. The molecule has 8 heteroatoms. The lowest BCUT2D eigenvalue weighted by Crippen LogP contribution is -2.19. The highest BCUT2D eigenvalue weighted by atomic mass is 35.5. The van der Waals surface area contributed by atoms with Crippen LogP contribution in [-0.4, -0.2) is 30.1 Å².